The minimum atomic E-state index is -3.52. The molecule has 0 saturated carbocycles. The summed E-state index contributed by atoms with van der Waals surface area (Å²) in [6.07, 6.45) is 0. The molecule has 2 aromatic carbocycles. The van der Waals surface area contributed by atoms with Crippen molar-refractivity contribution >= 4 is 16.0 Å². The number of nitrogens with zero attached hydrogens (tertiary/aromatic N) is 2. The Morgan fingerprint density at radius 3 is 2.39 bits per heavy atom. The number of para-hydroxylation sites is 1. The van der Waals surface area contributed by atoms with Gasteiger partial charge in [-0.15, -0.1) is 0 Å². The number of ether oxygens (including phenoxy) is 1. The summed E-state index contributed by atoms with van der Waals surface area (Å²) < 4.78 is 31.9. The van der Waals surface area contributed by atoms with Crippen molar-refractivity contribution in [1.29, 1.82) is 0 Å². The fourth-order valence-electron chi connectivity index (χ4n) is 2.44. The first-order valence-electron chi connectivity index (χ1n) is 9.15. The maximum Gasteiger partial charge on any atom is 0.242 e. The molecule has 2 N–H and O–H groups in total. The van der Waals surface area contributed by atoms with Gasteiger partial charge < -0.3 is 15.4 Å². The van der Waals surface area contributed by atoms with Crippen LogP contribution in [0.25, 0.3) is 0 Å². The van der Waals surface area contributed by atoms with E-state index in [1.165, 1.54) is 18.4 Å². The van der Waals surface area contributed by atoms with Crippen molar-refractivity contribution in [3.8, 4) is 5.75 Å². The Morgan fingerprint density at radius 2 is 1.71 bits per heavy atom. The van der Waals surface area contributed by atoms with E-state index in [2.05, 4.69) is 15.6 Å². The molecule has 8 heteroatoms. The second-order valence-electron chi connectivity index (χ2n) is 6.18. The van der Waals surface area contributed by atoms with Gasteiger partial charge in [0.2, 0.25) is 10.0 Å². The normalized spacial score (nSPS) is 12.1. The predicted octanol–water partition coefficient (Wildman–Crippen LogP) is 2.07. The van der Waals surface area contributed by atoms with Gasteiger partial charge in [-0.25, -0.2) is 17.7 Å². The van der Waals surface area contributed by atoms with Gasteiger partial charge in [-0.05, 0) is 30.7 Å². The first-order valence-corrected chi connectivity index (χ1v) is 10.6. The Hall–Kier alpha value is -2.58. The molecule has 0 saturated heterocycles. The van der Waals surface area contributed by atoms with Crippen LogP contribution in [0.2, 0.25) is 0 Å². The zero-order chi connectivity index (χ0) is 20.4. The summed E-state index contributed by atoms with van der Waals surface area (Å²) >= 11 is 0. The molecule has 0 atom stereocenters. The summed E-state index contributed by atoms with van der Waals surface area (Å²) in [7, 11) is -0.473. The summed E-state index contributed by atoms with van der Waals surface area (Å²) in [5.74, 6) is 1.42. The van der Waals surface area contributed by atoms with Gasteiger partial charge in [-0.3, -0.25) is 0 Å². The zero-order valence-electron chi connectivity index (χ0n) is 16.6. The number of rotatable bonds is 9. The Labute approximate surface area is 167 Å². The maximum atomic E-state index is 12.5. The highest BCUT2D eigenvalue weighted by Gasteiger charge is 2.20. The number of nitrogens with one attached hydrogen (secondary N) is 2. The highest BCUT2D eigenvalue weighted by molar-refractivity contribution is 7.89. The fourth-order valence-corrected chi connectivity index (χ4v) is 3.55. The molecule has 28 heavy (non-hydrogen) atoms. The molecule has 0 heterocycles. The molecule has 152 valence electrons. The second kappa shape index (κ2) is 10.7. The van der Waals surface area contributed by atoms with E-state index in [0.717, 1.165) is 5.75 Å². The Bertz CT molecular complexity index is 868. The van der Waals surface area contributed by atoms with Crippen LogP contribution in [0, 0.1) is 0 Å². The molecule has 0 aliphatic rings. The van der Waals surface area contributed by atoms with Crippen molar-refractivity contribution in [3.05, 3.63) is 60.2 Å². The third-order valence-electron chi connectivity index (χ3n) is 3.89. The highest BCUT2D eigenvalue weighted by Crippen LogP contribution is 2.19. The van der Waals surface area contributed by atoms with E-state index in [-0.39, 0.29) is 11.4 Å². The molecule has 0 bridgehead atoms. The Balaban J connectivity index is 2.01. The minimum Gasteiger partial charge on any atom is -0.492 e. The van der Waals surface area contributed by atoms with Crippen molar-refractivity contribution in [2.75, 3.05) is 33.8 Å². The number of sulfonamides is 1. The number of benzene rings is 2. The Kier molecular flexibility index (Phi) is 8.28. The second-order valence-corrected chi connectivity index (χ2v) is 8.30. The van der Waals surface area contributed by atoms with Gasteiger partial charge in [-0.1, -0.05) is 36.4 Å². The molecule has 0 aliphatic carbocycles. The van der Waals surface area contributed by atoms with E-state index < -0.39 is 10.0 Å². The smallest absolute Gasteiger partial charge is 0.242 e. The largest absolute Gasteiger partial charge is 0.492 e. The summed E-state index contributed by atoms with van der Waals surface area (Å²) in [6, 6.07) is 16.5. The fraction of sp³-hybridized carbons (Fsp3) is 0.350. The molecule has 0 unspecified atom stereocenters. The van der Waals surface area contributed by atoms with Gasteiger partial charge in [0.15, 0.2) is 5.96 Å². The summed E-state index contributed by atoms with van der Waals surface area (Å²) in [5.41, 5.74) is 0.647. The van der Waals surface area contributed by atoms with Crippen LogP contribution in [0.3, 0.4) is 0 Å². The van der Waals surface area contributed by atoms with Crippen LogP contribution in [0.4, 0.5) is 0 Å². The number of hydrogen-bond acceptors (Lipinski definition) is 4. The average Bonchev–Trinajstić information content (AvgIpc) is 2.70. The van der Waals surface area contributed by atoms with E-state index in [0.29, 0.717) is 31.2 Å². The average molecular weight is 405 g/mol. The lowest BCUT2D eigenvalue weighted by Gasteiger charge is -2.15. The van der Waals surface area contributed by atoms with E-state index in [4.69, 9.17) is 4.74 Å². The molecule has 7 nitrogen and oxygen atoms in total. The highest BCUT2D eigenvalue weighted by atomic mass is 32.2. The van der Waals surface area contributed by atoms with Gasteiger partial charge in [0.05, 0.1) is 18.0 Å². The van der Waals surface area contributed by atoms with Gasteiger partial charge in [0, 0.05) is 20.6 Å². The topological polar surface area (TPSA) is 83.0 Å². The molecule has 2 aromatic rings. The lowest BCUT2D eigenvalue weighted by atomic mass is 10.2. The van der Waals surface area contributed by atoms with Gasteiger partial charge in [0.1, 0.15) is 12.4 Å². The van der Waals surface area contributed by atoms with Crippen molar-refractivity contribution in [1.82, 2.24) is 14.9 Å². The molecule has 2 rings (SSSR count). The molecular formula is C20H28N4O3S. The minimum absolute atomic E-state index is 0.248. The number of aliphatic imine (C=N–C) groups is 1. The molecular weight excluding hydrogens is 376 g/mol. The lowest BCUT2D eigenvalue weighted by Crippen LogP contribution is -2.39. The van der Waals surface area contributed by atoms with Gasteiger partial charge in [0.25, 0.3) is 0 Å². The van der Waals surface area contributed by atoms with Crippen LogP contribution in [-0.2, 0) is 16.6 Å². The first kappa shape index (κ1) is 21.7. The molecule has 0 amide bonds. The summed E-state index contributed by atoms with van der Waals surface area (Å²) in [5, 5.41) is 6.35. The molecule has 0 radical (unpaired) electrons. The van der Waals surface area contributed by atoms with Gasteiger partial charge >= 0.3 is 0 Å². The van der Waals surface area contributed by atoms with Crippen LogP contribution in [0.5, 0.6) is 5.75 Å². The van der Waals surface area contributed by atoms with E-state index in [1.54, 1.807) is 18.2 Å². The van der Waals surface area contributed by atoms with E-state index >= 15 is 0 Å². The molecule has 0 fully saturated rings. The van der Waals surface area contributed by atoms with Gasteiger partial charge in [-0.2, -0.15) is 0 Å². The van der Waals surface area contributed by atoms with Crippen LogP contribution in [0.1, 0.15) is 12.5 Å². The van der Waals surface area contributed by atoms with Crippen LogP contribution >= 0.6 is 0 Å². The molecule has 0 aliphatic heterocycles. The standard InChI is InChI=1S/C20H28N4O3S/c1-4-21-20(22-14-15-27-18-11-6-5-7-12-18)23-16-17-10-8-9-13-19(17)28(25,26)24(2)3/h5-13H,4,14-16H2,1-3H3,(H2,21,22,23). The van der Waals surface area contributed by atoms with Crippen LogP contribution in [0.15, 0.2) is 64.5 Å². The monoisotopic (exact) mass is 404 g/mol. The van der Waals surface area contributed by atoms with Crippen LogP contribution < -0.4 is 15.4 Å². The number of hydrogen-bond donors (Lipinski definition) is 2. The predicted molar refractivity (Wildman–Crippen MR) is 112 cm³/mol. The quantitative estimate of drug-likeness (QED) is 0.380. The number of guanidine groups is 1. The van der Waals surface area contributed by atoms with Crippen molar-refractivity contribution in [2.24, 2.45) is 4.99 Å². The summed E-state index contributed by atoms with van der Waals surface area (Å²) in [4.78, 5) is 4.79. The summed E-state index contributed by atoms with van der Waals surface area (Å²) in [6.45, 7) is 3.97. The molecule has 0 spiro atoms. The zero-order valence-corrected chi connectivity index (χ0v) is 17.4. The van der Waals surface area contributed by atoms with Crippen molar-refractivity contribution < 1.29 is 13.2 Å². The van der Waals surface area contributed by atoms with E-state index in [9.17, 15) is 8.42 Å². The molecule has 0 aromatic heterocycles. The van der Waals surface area contributed by atoms with Crippen molar-refractivity contribution in [3.63, 3.8) is 0 Å². The third-order valence-corrected chi connectivity index (χ3v) is 5.80. The Morgan fingerprint density at radius 1 is 1.04 bits per heavy atom. The van der Waals surface area contributed by atoms with E-state index in [1.807, 2.05) is 43.3 Å². The lowest BCUT2D eigenvalue weighted by molar-refractivity contribution is 0.322. The maximum absolute atomic E-state index is 12.5. The third kappa shape index (κ3) is 6.24. The first-order chi connectivity index (χ1) is 13.4. The van der Waals surface area contributed by atoms with Crippen LogP contribution in [-0.4, -0.2) is 52.5 Å². The van der Waals surface area contributed by atoms with Crippen molar-refractivity contribution in [2.45, 2.75) is 18.4 Å². The SMILES string of the molecule is CCNC(=NCc1ccccc1S(=O)(=O)N(C)C)NCCOc1ccccc1.